The molecule has 0 rings (SSSR count). The molecule has 3 heteroatoms. The van der Waals surface area contributed by atoms with Gasteiger partial charge in [-0.25, -0.2) is 0 Å². The number of carbonyl (C=O) groups excluding carboxylic acids is 1. The summed E-state index contributed by atoms with van der Waals surface area (Å²) >= 11 is 0. The first-order valence-electron chi connectivity index (χ1n) is 5.35. The molecular weight excluding hydrogens is 178 g/mol. The molecule has 0 bridgehead atoms. The van der Waals surface area contributed by atoms with Crippen LogP contribution in [-0.2, 0) is 9.53 Å². The molecule has 0 aromatic heterocycles. The van der Waals surface area contributed by atoms with E-state index < -0.39 is 0 Å². The molecule has 0 aromatic rings. The third kappa shape index (κ3) is 3.76. The van der Waals surface area contributed by atoms with E-state index in [9.17, 15) is 4.79 Å². The van der Waals surface area contributed by atoms with Crippen molar-refractivity contribution in [2.45, 2.75) is 33.7 Å². The smallest absolute Gasteiger partial charge is 0.154 e. The number of nitrogens with zero attached hydrogens (tertiary/aromatic N) is 1. The van der Waals surface area contributed by atoms with Gasteiger partial charge in [-0.15, -0.1) is 0 Å². The molecule has 1 atom stereocenters. The average molecular weight is 201 g/mol. The number of ether oxygens (including phenoxy) is 1. The van der Waals surface area contributed by atoms with Crippen LogP contribution in [0.2, 0.25) is 0 Å². The van der Waals surface area contributed by atoms with E-state index in [1.165, 1.54) is 0 Å². The lowest BCUT2D eigenvalue weighted by atomic mass is 10.0. The van der Waals surface area contributed by atoms with E-state index in [0.29, 0.717) is 6.61 Å². The molecule has 0 amide bonds. The molecule has 0 aliphatic rings. The van der Waals surface area contributed by atoms with Gasteiger partial charge in [-0.3, -0.25) is 9.69 Å². The Hall–Kier alpha value is -0.410. The summed E-state index contributed by atoms with van der Waals surface area (Å²) in [6.07, 6.45) is 0. The van der Waals surface area contributed by atoms with Crippen LogP contribution in [0.5, 0.6) is 0 Å². The highest BCUT2D eigenvalue weighted by Gasteiger charge is 2.25. The van der Waals surface area contributed by atoms with Gasteiger partial charge in [-0.2, -0.15) is 0 Å². The standard InChI is InChI=1S/C11H23NO2/c1-6-12(7-2)10(8-14-5)11(13)9(3)4/h9-10H,6-8H2,1-5H3/t10-/m1/s1. The van der Waals surface area contributed by atoms with Gasteiger partial charge in [-0.1, -0.05) is 27.7 Å². The maximum atomic E-state index is 11.9. The molecule has 0 aromatic carbocycles. The van der Waals surface area contributed by atoms with Crippen molar-refractivity contribution in [3.05, 3.63) is 0 Å². The molecule has 3 nitrogen and oxygen atoms in total. The summed E-state index contributed by atoms with van der Waals surface area (Å²) in [7, 11) is 1.64. The van der Waals surface area contributed by atoms with Crippen LogP contribution in [0.4, 0.5) is 0 Å². The van der Waals surface area contributed by atoms with Crippen LogP contribution in [0, 0.1) is 5.92 Å². The largest absolute Gasteiger partial charge is 0.383 e. The van der Waals surface area contributed by atoms with E-state index in [1.807, 2.05) is 13.8 Å². The molecule has 0 fully saturated rings. The first kappa shape index (κ1) is 13.6. The van der Waals surface area contributed by atoms with Crippen molar-refractivity contribution < 1.29 is 9.53 Å². The van der Waals surface area contributed by atoms with E-state index in [-0.39, 0.29) is 17.7 Å². The quantitative estimate of drug-likeness (QED) is 0.626. The Morgan fingerprint density at radius 1 is 1.29 bits per heavy atom. The lowest BCUT2D eigenvalue weighted by Gasteiger charge is -2.29. The molecule has 0 saturated carbocycles. The van der Waals surface area contributed by atoms with E-state index >= 15 is 0 Å². The lowest BCUT2D eigenvalue weighted by Crippen LogP contribution is -2.45. The van der Waals surface area contributed by atoms with E-state index in [1.54, 1.807) is 7.11 Å². The van der Waals surface area contributed by atoms with E-state index in [4.69, 9.17) is 4.74 Å². The van der Waals surface area contributed by atoms with Crippen LogP contribution in [0.3, 0.4) is 0 Å². The molecular formula is C11H23NO2. The number of methoxy groups -OCH3 is 1. The summed E-state index contributed by atoms with van der Waals surface area (Å²) in [5.41, 5.74) is 0. The highest BCUT2D eigenvalue weighted by atomic mass is 16.5. The number of ketones is 1. The zero-order valence-corrected chi connectivity index (χ0v) is 10.0. The minimum Gasteiger partial charge on any atom is -0.383 e. The van der Waals surface area contributed by atoms with E-state index in [2.05, 4.69) is 18.7 Å². The fraction of sp³-hybridized carbons (Fsp3) is 0.909. The van der Waals surface area contributed by atoms with E-state index in [0.717, 1.165) is 13.1 Å². The minimum atomic E-state index is -0.0741. The van der Waals surface area contributed by atoms with Crippen LogP contribution >= 0.6 is 0 Å². The highest BCUT2D eigenvalue weighted by Crippen LogP contribution is 2.07. The molecule has 0 N–H and O–H groups in total. The summed E-state index contributed by atoms with van der Waals surface area (Å²) in [6.45, 7) is 10.3. The van der Waals surface area contributed by atoms with Gasteiger partial charge in [0, 0.05) is 13.0 Å². The minimum absolute atomic E-state index is 0.0741. The van der Waals surface area contributed by atoms with Crippen LogP contribution < -0.4 is 0 Å². The second-order valence-electron chi connectivity index (χ2n) is 3.75. The number of likely N-dealkylation sites (N-methyl/N-ethyl adjacent to an activating group) is 1. The summed E-state index contributed by atoms with van der Waals surface area (Å²) in [5, 5.41) is 0. The number of hydrogen-bond acceptors (Lipinski definition) is 3. The molecule has 0 unspecified atom stereocenters. The second-order valence-corrected chi connectivity index (χ2v) is 3.75. The molecule has 0 saturated heterocycles. The van der Waals surface area contributed by atoms with Crippen molar-refractivity contribution in [3.63, 3.8) is 0 Å². The van der Waals surface area contributed by atoms with Gasteiger partial charge in [0.05, 0.1) is 12.6 Å². The number of rotatable bonds is 7. The van der Waals surface area contributed by atoms with Gasteiger partial charge < -0.3 is 4.74 Å². The van der Waals surface area contributed by atoms with Gasteiger partial charge >= 0.3 is 0 Å². The third-order valence-electron chi connectivity index (χ3n) is 2.48. The number of carbonyl (C=O) groups is 1. The molecule has 14 heavy (non-hydrogen) atoms. The Balaban J connectivity index is 4.47. The van der Waals surface area contributed by atoms with Gasteiger partial charge in [0.25, 0.3) is 0 Å². The van der Waals surface area contributed by atoms with Crippen molar-refractivity contribution in [1.29, 1.82) is 0 Å². The lowest BCUT2D eigenvalue weighted by molar-refractivity contribution is -0.129. The molecule has 0 spiro atoms. The van der Waals surface area contributed by atoms with Crippen molar-refractivity contribution in [1.82, 2.24) is 4.90 Å². The van der Waals surface area contributed by atoms with Gasteiger partial charge in [-0.05, 0) is 13.1 Å². The Morgan fingerprint density at radius 3 is 2.07 bits per heavy atom. The Labute approximate surface area is 87.4 Å². The van der Waals surface area contributed by atoms with Crippen LogP contribution in [0.1, 0.15) is 27.7 Å². The summed E-state index contributed by atoms with van der Waals surface area (Å²) in [5.74, 6) is 0.353. The molecule has 0 heterocycles. The molecule has 0 radical (unpaired) electrons. The monoisotopic (exact) mass is 201 g/mol. The zero-order chi connectivity index (χ0) is 11.1. The highest BCUT2D eigenvalue weighted by molar-refractivity contribution is 5.85. The number of hydrogen-bond donors (Lipinski definition) is 0. The zero-order valence-electron chi connectivity index (χ0n) is 10.0. The summed E-state index contributed by atoms with van der Waals surface area (Å²) < 4.78 is 5.10. The normalized spacial score (nSPS) is 13.6. The van der Waals surface area contributed by atoms with Crippen LogP contribution in [0.15, 0.2) is 0 Å². The maximum Gasteiger partial charge on any atom is 0.154 e. The third-order valence-corrected chi connectivity index (χ3v) is 2.48. The van der Waals surface area contributed by atoms with Crippen LogP contribution in [0.25, 0.3) is 0 Å². The maximum absolute atomic E-state index is 11.9. The van der Waals surface area contributed by atoms with Crippen molar-refractivity contribution >= 4 is 5.78 Å². The Kier molecular flexibility index (Phi) is 6.75. The van der Waals surface area contributed by atoms with Gasteiger partial charge in [0.2, 0.25) is 0 Å². The first-order valence-corrected chi connectivity index (χ1v) is 5.35. The van der Waals surface area contributed by atoms with Crippen molar-refractivity contribution in [2.24, 2.45) is 5.92 Å². The predicted octanol–water partition coefficient (Wildman–Crippen LogP) is 1.57. The van der Waals surface area contributed by atoms with Crippen molar-refractivity contribution in [3.8, 4) is 0 Å². The Morgan fingerprint density at radius 2 is 1.79 bits per heavy atom. The SMILES string of the molecule is CCN(CC)[C@H](COC)C(=O)C(C)C. The summed E-state index contributed by atoms with van der Waals surface area (Å²) in [6, 6.07) is -0.0741. The molecule has 0 aliphatic carbocycles. The number of Topliss-reactive ketones (excluding diaryl/α,β-unsaturated/α-hetero) is 1. The summed E-state index contributed by atoms with van der Waals surface area (Å²) in [4.78, 5) is 14.0. The predicted molar refractivity (Wildman–Crippen MR) is 58.4 cm³/mol. The molecule has 84 valence electrons. The van der Waals surface area contributed by atoms with Crippen molar-refractivity contribution in [2.75, 3.05) is 26.8 Å². The second kappa shape index (κ2) is 6.96. The van der Waals surface area contributed by atoms with Crippen LogP contribution in [-0.4, -0.2) is 43.5 Å². The first-order chi connectivity index (χ1) is 6.58. The van der Waals surface area contributed by atoms with Gasteiger partial charge in [0.15, 0.2) is 5.78 Å². The average Bonchev–Trinajstić information content (AvgIpc) is 2.17. The topological polar surface area (TPSA) is 29.5 Å². The fourth-order valence-corrected chi connectivity index (χ4v) is 1.57. The molecule has 0 aliphatic heterocycles. The fourth-order valence-electron chi connectivity index (χ4n) is 1.57. The van der Waals surface area contributed by atoms with Gasteiger partial charge in [0.1, 0.15) is 0 Å². The Bertz CT molecular complexity index is 165.